The van der Waals surface area contributed by atoms with E-state index in [1.807, 2.05) is 48.2 Å². The number of hydrogen-bond donors (Lipinski definition) is 0. The number of carbonyl (C=O) groups is 2. The number of likely N-dealkylation sites (N-methyl/N-ethyl adjacent to an activating group) is 1. The molecule has 0 aromatic heterocycles. The van der Waals surface area contributed by atoms with Crippen molar-refractivity contribution in [3.63, 3.8) is 0 Å². The van der Waals surface area contributed by atoms with Crippen molar-refractivity contribution in [2.24, 2.45) is 11.8 Å². The molecule has 0 spiro atoms. The van der Waals surface area contributed by atoms with E-state index >= 15 is 0 Å². The summed E-state index contributed by atoms with van der Waals surface area (Å²) < 4.78 is 22.1. The Morgan fingerprint density at radius 3 is 2.54 bits per heavy atom. The fourth-order valence-electron chi connectivity index (χ4n) is 6.49. The minimum atomic E-state index is -0.688. The van der Waals surface area contributed by atoms with Crippen LogP contribution in [0.1, 0.15) is 94.7 Å². The molecule has 1 amide bonds. The zero-order chi connectivity index (χ0) is 29.0. The number of nitrogens with zero attached hydrogens (tertiary/aromatic N) is 1. The van der Waals surface area contributed by atoms with Gasteiger partial charge in [0, 0.05) is 12.6 Å². The Bertz CT molecular complexity index is 1110. The standard InChI is InChI=1S/C34H47NO6/c1-4-7-13-25(5-2)22-39-34(37)41-24-40-28-19-18-27-20-32(30-17-12-11-16-29(30)31(27)21-28)35(6-3)33(36)38-23-26-14-9-8-10-15-26/h8-10,14-15,18-19,21,25,29-30,32H,4-7,11-13,16-17,20,22-24H2,1-3H3/t25?,29?,30-,32-/m0/s1. The Kier molecular flexibility index (Phi) is 11.8. The molecule has 2 aromatic rings. The Morgan fingerprint density at radius 2 is 1.78 bits per heavy atom. The van der Waals surface area contributed by atoms with Gasteiger partial charge in [0.05, 0.1) is 6.61 Å². The van der Waals surface area contributed by atoms with Crippen molar-refractivity contribution in [1.29, 1.82) is 0 Å². The Balaban J connectivity index is 1.35. The Labute approximate surface area is 245 Å². The highest BCUT2D eigenvalue weighted by molar-refractivity contribution is 5.68. The van der Waals surface area contributed by atoms with E-state index in [4.69, 9.17) is 18.9 Å². The molecular weight excluding hydrogens is 518 g/mol. The summed E-state index contributed by atoms with van der Waals surface area (Å²) >= 11 is 0. The molecule has 0 N–H and O–H groups in total. The molecule has 7 nitrogen and oxygen atoms in total. The van der Waals surface area contributed by atoms with Crippen LogP contribution in [0.5, 0.6) is 5.75 Å². The predicted octanol–water partition coefficient (Wildman–Crippen LogP) is 8.25. The largest absolute Gasteiger partial charge is 0.511 e. The van der Waals surface area contributed by atoms with Gasteiger partial charge in [-0.1, -0.05) is 82.3 Å². The molecule has 2 aliphatic carbocycles. The van der Waals surface area contributed by atoms with Gasteiger partial charge in [-0.3, -0.25) is 0 Å². The number of fused-ring (bicyclic) bond motifs is 3. The van der Waals surface area contributed by atoms with E-state index in [1.54, 1.807) is 0 Å². The Morgan fingerprint density at radius 1 is 0.976 bits per heavy atom. The number of carbonyl (C=O) groups excluding carboxylic acids is 2. The quantitative estimate of drug-likeness (QED) is 0.180. The molecule has 224 valence electrons. The van der Waals surface area contributed by atoms with Crippen LogP contribution >= 0.6 is 0 Å². The van der Waals surface area contributed by atoms with E-state index in [9.17, 15) is 9.59 Å². The summed E-state index contributed by atoms with van der Waals surface area (Å²) in [5.41, 5.74) is 3.53. The van der Waals surface area contributed by atoms with Gasteiger partial charge in [-0.15, -0.1) is 0 Å². The molecule has 2 unspecified atom stereocenters. The van der Waals surface area contributed by atoms with E-state index < -0.39 is 6.16 Å². The van der Waals surface area contributed by atoms with Gasteiger partial charge in [-0.2, -0.15) is 0 Å². The van der Waals surface area contributed by atoms with Gasteiger partial charge in [0.25, 0.3) is 0 Å². The summed E-state index contributed by atoms with van der Waals surface area (Å²) in [5.74, 6) is 1.78. The third-order valence-electron chi connectivity index (χ3n) is 8.82. The normalized spacial score (nSPS) is 20.2. The summed E-state index contributed by atoms with van der Waals surface area (Å²) in [6.45, 7) is 7.41. The van der Waals surface area contributed by atoms with E-state index in [1.165, 1.54) is 24.0 Å². The van der Waals surface area contributed by atoms with Crippen molar-refractivity contribution >= 4 is 12.2 Å². The highest BCUT2D eigenvalue weighted by Gasteiger charge is 2.42. The van der Waals surface area contributed by atoms with Crippen LogP contribution in [0.3, 0.4) is 0 Å². The minimum Gasteiger partial charge on any atom is -0.457 e. The molecule has 4 rings (SSSR count). The number of unbranched alkanes of at least 4 members (excludes halogenated alkanes) is 1. The van der Waals surface area contributed by atoms with Gasteiger partial charge in [-0.25, -0.2) is 9.59 Å². The first-order valence-corrected chi connectivity index (χ1v) is 15.6. The summed E-state index contributed by atoms with van der Waals surface area (Å²) in [6.07, 6.45) is 8.70. The van der Waals surface area contributed by atoms with Crippen molar-refractivity contribution in [2.45, 2.75) is 97.1 Å². The molecule has 0 bridgehead atoms. The second kappa shape index (κ2) is 15.7. The maximum absolute atomic E-state index is 13.2. The molecule has 0 heterocycles. The van der Waals surface area contributed by atoms with Crippen LogP contribution in [-0.2, 0) is 27.2 Å². The second-order valence-electron chi connectivity index (χ2n) is 11.4. The highest BCUT2D eigenvalue weighted by Crippen LogP contribution is 2.47. The molecule has 0 radical (unpaired) electrons. The van der Waals surface area contributed by atoms with Crippen LogP contribution in [0.25, 0.3) is 0 Å². The maximum Gasteiger partial charge on any atom is 0.511 e. The number of ether oxygens (including phenoxy) is 4. The molecule has 7 heteroatoms. The number of benzene rings is 2. The predicted molar refractivity (Wildman–Crippen MR) is 159 cm³/mol. The monoisotopic (exact) mass is 565 g/mol. The average molecular weight is 566 g/mol. The molecule has 0 saturated heterocycles. The lowest BCUT2D eigenvalue weighted by molar-refractivity contribution is -0.00244. The van der Waals surface area contributed by atoms with Crippen molar-refractivity contribution < 1.29 is 28.5 Å². The van der Waals surface area contributed by atoms with Crippen LogP contribution in [0.4, 0.5) is 9.59 Å². The van der Waals surface area contributed by atoms with Gasteiger partial charge in [-0.05, 0) is 79.2 Å². The van der Waals surface area contributed by atoms with Crippen LogP contribution in [0, 0.1) is 11.8 Å². The van der Waals surface area contributed by atoms with Crippen molar-refractivity contribution in [2.75, 3.05) is 19.9 Å². The van der Waals surface area contributed by atoms with Crippen LogP contribution in [0.2, 0.25) is 0 Å². The molecule has 41 heavy (non-hydrogen) atoms. The van der Waals surface area contributed by atoms with Crippen molar-refractivity contribution in [3.05, 3.63) is 65.2 Å². The van der Waals surface area contributed by atoms with Crippen LogP contribution in [0.15, 0.2) is 48.5 Å². The summed E-state index contributed by atoms with van der Waals surface area (Å²) in [5, 5.41) is 0. The Hall–Kier alpha value is -3.22. The number of hydrogen-bond acceptors (Lipinski definition) is 6. The average Bonchev–Trinajstić information content (AvgIpc) is 3.01. The minimum absolute atomic E-state index is 0.107. The summed E-state index contributed by atoms with van der Waals surface area (Å²) in [7, 11) is 0. The van der Waals surface area contributed by atoms with E-state index in [-0.39, 0.29) is 25.5 Å². The SMILES string of the molecule is CCCCC(CC)COC(=O)OCOc1ccc2c(c1)C1CCCC[C@@H]1[C@@H](N(CC)C(=O)OCc1ccccc1)C2. The maximum atomic E-state index is 13.2. The first kappa shape index (κ1) is 30.7. The van der Waals surface area contributed by atoms with E-state index in [0.29, 0.717) is 36.7 Å². The topological polar surface area (TPSA) is 74.3 Å². The molecule has 2 aromatic carbocycles. The number of amides is 1. The molecule has 1 saturated carbocycles. The fraction of sp³-hybridized carbons (Fsp3) is 0.588. The summed E-state index contributed by atoms with van der Waals surface area (Å²) in [4.78, 5) is 27.3. The lowest BCUT2D eigenvalue weighted by Gasteiger charge is -2.46. The second-order valence-corrected chi connectivity index (χ2v) is 11.4. The van der Waals surface area contributed by atoms with Crippen molar-refractivity contribution in [3.8, 4) is 5.75 Å². The molecule has 0 aliphatic heterocycles. The summed E-state index contributed by atoms with van der Waals surface area (Å²) in [6, 6.07) is 16.1. The molecule has 4 atom stereocenters. The first-order chi connectivity index (χ1) is 20.0. The third kappa shape index (κ3) is 8.40. The van der Waals surface area contributed by atoms with E-state index in [2.05, 4.69) is 26.0 Å². The lowest BCUT2D eigenvalue weighted by Crippen LogP contribution is -2.50. The van der Waals surface area contributed by atoms with Gasteiger partial charge in [0.1, 0.15) is 12.4 Å². The van der Waals surface area contributed by atoms with Crippen molar-refractivity contribution in [1.82, 2.24) is 4.90 Å². The van der Waals surface area contributed by atoms with Gasteiger partial charge in [0.2, 0.25) is 6.79 Å². The molecule has 1 fully saturated rings. The zero-order valence-corrected chi connectivity index (χ0v) is 25.0. The van der Waals surface area contributed by atoms with Gasteiger partial charge < -0.3 is 23.8 Å². The zero-order valence-electron chi connectivity index (χ0n) is 25.0. The number of rotatable bonds is 13. The van der Waals surface area contributed by atoms with E-state index in [0.717, 1.165) is 50.5 Å². The third-order valence-corrected chi connectivity index (χ3v) is 8.82. The van der Waals surface area contributed by atoms with Gasteiger partial charge >= 0.3 is 12.2 Å². The molecule has 2 aliphatic rings. The highest BCUT2D eigenvalue weighted by atomic mass is 16.8. The smallest absolute Gasteiger partial charge is 0.457 e. The van der Waals surface area contributed by atoms with Crippen LogP contribution < -0.4 is 4.74 Å². The lowest BCUT2D eigenvalue weighted by atomic mass is 9.65. The molecular formula is C34H47NO6. The van der Waals surface area contributed by atoms with Gasteiger partial charge in [0.15, 0.2) is 0 Å². The fourth-order valence-corrected chi connectivity index (χ4v) is 6.49. The van der Waals surface area contributed by atoms with Crippen LogP contribution in [-0.4, -0.2) is 43.1 Å². The first-order valence-electron chi connectivity index (χ1n) is 15.6.